The summed E-state index contributed by atoms with van der Waals surface area (Å²) in [6, 6.07) is 17.0. The summed E-state index contributed by atoms with van der Waals surface area (Å²) in [5.41, 5.74) is 4.90. The lowest BCUT2D eigenvalue weighted by Gasteiger charge is -2.30. The molecule has 1 amide bonds. The number of amides is 1. The summed E-state index contributed by atoms with van der Waals surface area (Å²) < 4.78 is 0. The normalized spacial score (nSPS) is 18.5. The van der Waals surface area contributed by atoms with Crippen molar-refractivity contribution in [3.8, 4) is 11.1 Å². The van der Waals surface area contributed by atoms with E-state index in [1.54, 1.807) is 0 Å². The number of piperazine rings is 1. The van der Waals surface area contributed by atoms with Gasteiger partial charge in [0.2, 0.25) is 5.91 Å². The maximum atomic E-state index is 12.1. The van der Waals surface area contributed by atoms with Gasteiger partial charge in [-0.3, -0.25) is 4.79 Å². The van der Waals surface area contributed by atoms with Gasteiger partial charge in [0.1, 0.15) is 0 Å². The molecular weight excluding hydrogens is 272 g/mol. The second-order valence-corrected chi connectivity index (χ2v) is 6.03. The van der Waals surface area contributed by atoms with Gasteiger partial charge in [-0.1, -0.05) is 54.1 Å². The van der Waals surface area contributed by atoms with Crippen molar-refractivity contribution in [2.45, 2.75) is 19.4 Å². The number of benzene rings is 2. The summed E-state index contributed by atoms with van der Waals surface area (Å²) in [6.45, 7) is 3.76. The molecule has 0 saturated carbocycles. The average molecular weight is 294 g/mol. The third-order valence-corrected chi connectivity index (χ3v) is 4.29. The number of rotatable bonds is 3. The van der Waals surface area contributed by atoms with Gasteiger partial charge >= 0.3 is 0 Å². The van der Waals surface area contributed by atoms with E-state index in [1.807, 2.05) is 11.9 Å². The van der Waals surface area contributed by atoms with Gasteiger partial charge in [0.05, 0.1) is 6.04 Å². The minimum Gasteiger partial charge on any atom is -0.343 e. The minimum absolute atomic E-state index is 0.0935. The van der Waals surface area contributed by atoms with Crippen LogP contribution < -0.4 is 5.32 Å². The van der Waals surface area contributed by atoms with Gasteiger partial charge in [-0.25, -0.2) is 0 Å². The van der Waals surface area contributed by atoms with Crippen molar-refractivity contribution in [3.63, 3.8) is 0 Å². The Hall–Kier alpha value is -2.13. The summed E-state index contributed by atoms with van der Waals surface area (Å²) in [7, 11) is 1.87. The molecule has 3 nitrogen and oxygen atoms in total. The van der Waals surface area contributed by atoms with Crippen molar-refractivity contribution >= 4 is 5.91 Å². The van der Waals surface area contributed by atoms with Gasteiger partial charge in [0.25, 0.3) is 0 Å². The lowest BCUT2D eigenvalue weighted by Crippen LogP contribution is -2.54. The van der Waals surface area contributed by atoms with E-state index in [4.69, 9.17) is 0 Å². The molecule has 1 heterocycles. The number of hydrogen-bond acceptors (Lipinski definition) is 2. The smallest absolute Gasteiger partial charge is 0.239 e. The van der Waals surface area contributed by atoms with Crippen molar-refractivity contribution in [1.82, 2.24) is 10.2 Å². The zero-order chi connectivity index (χ0) is 15.5. The fourth-order valence-corrected chi connectivity index (χ4v) is 2.84. The highest BCUT2D eigenvalue weighted by molar-refractivity contribution is 5.82. The van der Waals surface area contributed by atoms with Crippen molar-refractivity contribution < 1.29 is 4.79 Å². The molecule has 0 unspecified atom stereocenters. The van der Waals surface area contributed by atoms with Crippen LogP contribution in [0.25, 0.3) is 11.1 Å². The van der Waals surface area contributed by atoms with E-state index >= 15 is 0 Å². The molecule has 0 radical (unpaired) electrons. The van der Waals surface area contributed by atoms with Crippen LogP contribution in [0.5, 0.6) is 0 Å². The third-order valence-electron chi connectivity index (χ3n) is 4.29. The fraction of sp³-hybridized carbons (Fsp3) is 0.316. The van der Waals surface area contributed by atoms with E-state index in [2.05, 4.69) is 60.8 Å². The Balaban J connectivity index is 1.71. The number of nitrogens with zero attached hydrogens (tertiary/aromatic N) is 1. The maximum Gasteiger partial charge on any atom is 0.239 e. The molecule has 3 heteroatoms. The molecule has 0 aromatic heterocycles. The first-order chi connectivity index (χ1) is 10.6. The van der Waals surface area contributed by atoms with Crippen molar-refractivity contribution in [1.29, 1.82) is 0 Å². The highest BCUT2D eigenvalue weighted by Gasteiger charge is 2.25. The largest absolute Gasteiger partial charge is 0.343 e. The van der Waals surface area contributed by atoms with Gasteiger partial charge < -0.3 is 10.2 Å². The second kappa shape index (κ2) is 6.32. The summed E-state index contributed by atoms with van der Waals surface area (Å²) in [5, 5.41) is 3.31. The van der Waals surface area contributed by atoms with Crippen LogP contribution in [0.3, 0.4) is 0 Å². The molecule has 2 aromatic carbocycles. The van der Waals surface area contributed by atoms with E-state index in [0.717, 1.165) is 19.5 Å². The Labute approximate surface area is 132 Å². The summed E-state index contributed by atoms with van der Waals surface area (Å²) >= 11 is 0. The highest BCUT2D eigenvalue weighted by Crippen LogP contribution is 2.21. The van der Waals surface area contributed by atoms with Crippen LogP contribution in [-0.4, -0.2) is 37.0 Å². The lowest BCUT2D eigenvalue weighted by molar-refractivity contribution is -0.134. The van der Waals surface area contributed by atoms with Gasteiger partial charge in [0.15, 0.2) is 0 Å². The Kier molecular flexibility index (Phi) is 4.25. The molecule has 1 fully saturated rings. The molecule has 0 spiro atoms. The Morgan fingerprint density at radius 2 is 1.64 bits per heavy atom. The molecule has 114 valence electrons. The highest BCUT2D eigenvalue weighted by atomic mass is 16.2. The summed E-state index contributed by atoms with van der Waals surface area (Å²) in [5.74, 6) is 0.189. The van der Waals surface area contributed by atoms with E-state index in [-0.39, 0.29) is 11.9 Å². The number of hydrogen-bond donors (Lipinski definition) is 1. The topological polar surface area (TPSA) is 32.3 Å². The number of aryl methyl sites for hydroxylation is 1. The van der Waals surface area contributed by atoms with Gasteiger partial charge in [-0.05, 0) is 30.0 Å². The maximum absolute atomic E-state index is 12.1. The first kappa shape index (κ1) is 14.8. The summed E-state index contributed by atoms with van der Waals surface area (Å²) in [4.78, 5) is 13.9. The Bertz CT molecular complexity index is 646. The molecule has 0 bridgehead atoms. The van der Waals surface area contributed by atoms with Crippen LogP contribution in [-0.2, 0) is 11.2 Å². The Morgan fingerprint density at radius 1 is 1.05 bits per heavy atom. The molecule has 2 aromatic rings. The molecule has 1 aliphatic heterocycles. The van der Waals surface area contributed by atoms with Crippen molar-refractivity contribution in [3.05, 3.63) is 59.7 Å². The zero-order valence-electron chi connectivity index (χ0n) is 13.2. The average Bonchev–Trinajstić information content (AvgIpc) is 2.53. The SMILES string of the molecule is Cc1ccc(-c2ccc(C[C@H]3NCCN(C)C3=O)cc2)cc1. The number of nitrogens with one attached hydrogen (secondary N) is 1. The minimum atomic E-state index is -0.0935. The van der Waals surface area contributed by atoms with Gasteiger partial charge in [0, 0.05) is 20.1 Å². The van der Waals surface area contributed by atoms with Crippen LogP contribution in [0.2, 0.25) is 0 Å². The van der Waals surface area contributed by atoms with E-state index in [9.17, 15) is 4.79 Å². The quantitative estimate of drug-likeness (QED) is 0.944. The first-order valence-corrected chi connectivity index (χ1v) is 7.78. The standard InChI is InChI=1S/C19H22N2O/c1-14-3-7-16(8-4-14)17-9-5-15(6-10-17)13-18-19(22)21(2)12-11-20-18/h3-10,18,20H,11-13H2,1-2H3/t18-/m1/s1. The number of likely N-dealkylation sites (N-methyl/N-ethyl adjacent to an activating group) is 1. The van der Waals surface area contributed by atoms with Crippen LogP contribution in [0.15, 0.2) is 48.5 Å². The third kappa shape index (κ3) is 3.20. The molecule has 1 aliphatic rings. The van der Waals surface area contributed by atoms with Crippen molar-refractivity contribution in [2.75, 3.05) is 20.1 Å². The monoisotopic (exact) mass is 294 g/mol. The van der Waals surface area contributed by atoms with E-state index < -0.39 is 0 Å². The summed E-state index contributed by atoms with van der Waals surface area (Å²) in [6.07, 6.45) is 0.747. The molecule has 1 saturated heterocycles. The zero-order valence-corrected chi connectivity index (χ0v) is 13.2. The Morgan fingerprint density at radius 3 is 2.27 bits per heavy atom. The molecule has 0 aliphatic carbocycles. The number of carbonyl (C=O) groups is 1. The fourth-order valence-electron chi connectivity index (χ4n) is 2.84. The predicted octanol–water partition coefficient (Wildman–Crippen LogP) is 2.63. The van der Waals surface area contributed by atoms with Crippen LogP contribution in [0.4, 0.5) is 0 Å². The molecule has 3 rings (SSSR count). The predicted molar refractivity (Wildman–Crippen MR) is 89.7 cm³/mol. The lowest BCUT2D eigenvalue weighted by atomic mass is 9.99. The number of carbonyl (C=O) groups excluding carboxylic acids is 1. The molecular formula is C19H22N2O. The molecule has 1 atom stereocenters. The second-order valence-electron chi connectivity index (χ2n) is 6.03. The molecule has 22 heavy (non-hydrogen) atoms. The van der Waals surface area contributed by atoms with E-state index in [1.165, 1.54) is 22.3 Å². The van der Waals surface area contributed by atoms with Gasteiger partial charge in [-0.2, -0.15) is 0 Å². The van der Waals surface area contributed by atoms with Crippen LogP contribution in [0.1, 0.15) is 11.1 Å². The van der Waals surface area contributed by atoms with Crippen LogP contribution >= 0.6 is 0 Å². The first-order valence-electron chi connectivity index (χ1n) is 7.78. The van der Waals surface area contributed by atoms with Gasteiger partial charge in [-0.15, -0.1) is 0 Å². The van der Waals surface area contributed by atoms with E-state index in [0.29, 0.717) is 0 Å². The molecule has 1 N–H and O–H groups in total. The van der Waals surface area contributed by atoms with Crippen LogP contribution in [0, 0.1) is 6.92 Å². The van der Waals surface area contributed by atoms with Crippen molar-refractivity contribution in [2.24, 2.45) is 0 Å².